The van der Waals surface area contributed by atoms with Gasteiger partial charge in [-0.25, -0.2) is 4.44 Å². The van der Waals surface area contributed by atoms with Crippen LogP contribution in [0.1, 0.15) is 5.69 Å². The van der Waals surface area contributed by atoms with E-state index in [1.165, 1.54) is 19.1 Å². The van der Waals surface area contributed by atoms with E-state index >= 15 is 0 Å². The van der Waals surface area contributed by atoms with Crippen molar-refractivity contribution in [1.82, 2.24) is 18.9 Å². The molecular formula is C8H18N4P2. The highest BCUT2D eigenvalue weighted by Crippen LogP contribution is 2.41. The lowest BCUT2D eigenvalue weighted by Crippen LogP contribution is -2.23. The molecule has 0 radical (unpaired) electrons. The molecule has 0 aliphatic carbocycles. The predicted octanol–water partition coefficient (Wildman–Crippen LogP) is 1.37. The highest BCUT2D eigenvalue weighted by atomic mass is 31.2. The molecule has 0 N–H and O–H groups in total. The van der Waals surface area contributed by atoms with Gasteiger partial charge in [0, 0.05) is 15.4 Å². The number of hydrogen-bond acceptors (Lipinski definition) is 3. The molecular weight excluding hydrogens is 214 g/mol. The minimum atomic E-state index is -0.347. The SMILES string of the molecule is Cc1nn(C)pc1P(N(C)C)N(C)C. The summed E-state index contributed by atoms with van der Waals surface area (Å²) < 4.78 is 6.53. The van der Waals surface area contributed by atoms with Crippen LogP contribution in [0.3, 0.4) is 0 Å². The fourth-order valence-electron chi connectivity index (χ4n) is 1.41. The molecule has 6 heteroatoms. The molecule has 1 aromatic heterocycles. The normalized spacial score (nSPS) is 12.6. The Labute approximate surface area is 88.9 Å². The second-order valence-corrected chi connectivity index (χ2v) is 7.79. The van der Waals surface area contributed by atoms with Crippen molar-refractivity contribution in [3.8, 4) is 0 Å². The van der Waals surface area contributed by atoms with E-state index in [-0.39, 0.29) is 8.22 Å². The number of hydrogen-bond donors (Lipinski definition) is 0. The Balaban J connectivity index is 3.05. The average Bonchev–Trinajstić information content (AvgIpc) is 2.29. The molecule has 1 aromatic rings. The van der Waals surface area contributed by atoms with E-state index in [9.17, 15) is 0 Å². The van der Waals surface area contributed by atoms with Gasteiger partial charge in [0.05, 0.1) is 19.0 Å². The van der Waals surface area contributed by atoms with Gasteiger partial charge in [0.15, 0.2) is 0 Å². The van der Waals surface area contributed by atoms with Crippen LogP contribution in [-0.2, 0) is 7.05 Å². The van der Waals surface area contributed by atoms with Gasteiger partial charge < -0.3 is 0 Å². The van der Waals surface area contributed by atoms with E-state index in [0.717, 1.165) is 0 Å². The van der Waals surface area contributed by atoms with Crippen molar-refractivity contribution in [3.05, 3.63) is 5.69 Å². The minimum absolute atomic E-state index is 0.347. The second kappa shape index (κ2) is 4.67. The van der Waals surface area contributed by atoms with E-state index in [2.05, 4.69) is 49.6 Å². The smallest absolute Gasteiger partial charge is 0.0797 e. The molecule has 0 atom stereocenters. The Hall–Kier alpha value is -0.0100. The summed E-state index contributed by atoms with van der Waals surface area (Å²) >= 11 is 0. The first-order chi connectivity index (χ1) is 6.43. The van der Waals surface area contributed by atoms with Crippen LogP contribution in [0.4, 0.5) is 0 Å². The maximum Gasteiger partial charge on any atom is 0.0797 e. The number of rotatable bonds is 3. The van der Waals surface area contributed by atoms with Crippen LogP contribution < -0.4 is 5.04 Å². The lowest BCUT2D eigenvalue weighted by atomic mass is 10.6. The van der Waals surface area contributed by atoms with Crippen molar-refractivity contribution in [2.45, 2.75) is 6.92 Å². The Morgan fingerprint density at radius 3 is 2.00 bits per heavy atom. The Morgan fingerprint density at radius 2 is 1.71 bits per heavy atom. The van der Waals surface area contributed by atoms with E-state index in [0.29, 0.717) is 0 Å². The lowest BCUT2D eigenvalue weighted by Gasteiger charge is -2.29. The largest absolute Gasteiger partial charge is 0.272 e. The van der Waals surface area contributed by atoms with Crippen molar-refractivity contribution >= 4 is 21.6 Å². The first-order valence-corrected chi connectivity index (χ1v) is 6.55. The van der Waals surface area contributed by atoms with Gasteiger partial charge in [0.1, 0.15) is 0 Å². The molecule has 0 spiro atoms. The van der Waals surface area contributed by atoms with Crippen molar-refractivity contribution in [2.24, 2.45) is 7.05 Å². The van der Waals surface area contributed by atoms with Crippen LogP contribution in [0.5, 0.6) is 0 Å². The molecule has 0 saturated heterocycles. The zero-order valence-corrected chi connectivity index (χ0v) is 11.5. The van der Waals surface area contributed by atoms with Crippen LogP contribution in [-0.4, -0.2) is 47.1 Å². The van der Waals surface area contributed by atoms with E-state index in [4.69, 9.17) is 0 Å². The third-order valence-corrected chi connectivity index (χ3v) is 5.72. The molecule has 0 bridgehead atoms. The summed E-state index contributed by atoms with van der Waals surface area (Å²) in [6.07, 6.45) is 0. The molecule has 0 aromatic carbocycles. The van der Waals surface area contributed by atoms with Crippen LogP contribution in [0.2, 0.25) is 0 Å². The third-order valence-electron chi connectivity index (χ3n) is 1.80. The fourth-order valence-corrected chi connectivity index (χ4v) is 5.65. The summed E-state index contributed by atoms with van der Waals surface area (Å²) in [6.45, 7) is 2.09. The first kappa shape index (κ1) is 12.1. The van der Waals surface area contributed by atoms with Gasteiger partial charge >= 0.3 is 0 Å². The molecule has 4 nitrogen and oxygen atoms in total. The number of nitrogens with zero attached hydrogens (tertiary/aromatic N) is 4. The molecule has 14 heavy (non-hydrogen) atoms. The van der Waals surface area contributed by atoms with Crippen LogP contribution >= 0.6 is 16.6 Å². The van der Waals surface area contributed by atoms with E-state index in [1.807, 2.05) is 11.5 Å². The summed E-state index contributed by atoms with van der Waals surface area (Å²) in [5.74, 6) is 0. The molecule has 0 saturated carbocycles. The highest BCUT2D eigenvalue weighted by Gasteiger charge is 2.21. The Morgan fingerprint density at radius 1 is 1.21 bits per heavy atom. The summed E-state index contributed by atoms with van der Waals surface area (Å²) in [7, 11) is 11.4. The maximum absolute atomic E-state index is 4.42. The molecule has 0 amide bonds. The zero-order valence-electron chi connectivity index (χ0n) is 9.68. The highest BCUT2D eigenvalue weighted by molar-refractivity contribution is 7.70. The second-order valence-electron chi connectivity index (χ2n) is 3.58. The summed E-state index contributed by atoms with van der Waals surface area (Å²) in [4.78, 5) is 0. The Kier molecular flexibility index (Phi) is 4.03. The van der Waals surface area contributed by atoms with Crippen LogP contribution in [0, 0.1) is 6.92 Å². The van der Waals surface area contributed by atoms with Gasteiger partial charge in [0.25, 0.3) is 0 Å². The van der Waals surface area contributed by atoms with Crippen molar-refractivity contribution in [1.29, 1.82) is 0 Å². The van der Waals surface area contributed by atoms with Crippen LogP contribution in [0.25, 0.3) is 0 Å². The summed E-state index contributed by atoms with van der Waals surface area (Å²) in [6, 6.07) is 0. The van der Waals surface area contributed by atoms with Gasteiger partial charge in [-0.1, -0.05) is 0 Å². The quantitative estimate of drug-likeness (QED) is 0.736. The minimum Gasteiger partial charge on any atom is -0.272 e. The Bertz CT molecular complexity index is 300. The van der Waals surface area contributed by atoms with Crippen molar-refractivity contribution in [2.75, 3.05) is 28.2 Å². The third kappa shape index (κ3) is 2.52. The molecule has 1 rings (SSSR count). The standard InChI is InChI=1S/C8H18N4P2/c1-7-8(13-12(6)9-7)14(10(2)3)11(4)5/h1-6H3. The van der Waals surface area contributed by atoms with Gasteiger partial charge in [-0.05, 0) is 35.1 Å². The number of aromatic nitrogens is 2. The van der Waals surface area contributed by atoms with Gasteiger partial charge in [-0.3, -0.25) is 9.34 Å². The van der Waals surface area contributed by atoms with Crippen LogP contribution in [0.15, 0.2) is 0 Å². The van der Waals surface area contributed by atoms with E-state index < -0.39 is 0 Å². The monoisotopic (exact) mass is 232 g/mol. The molecule has 0 fully saturated rings. The van der Waals surface area contributed by atoms with Gasteiger partial charge in [0.2, 0.25) is 0 Å². The van der Waals surface area contributed by atoms with Gasteiger partial charge in [-0.2, -0.15) is 5.10 Å². The van der Waals surface area contributed by atoms with E-state index in [1.54, 1.807) is 0 Å². The maximum atomic E-state index is 4.42. The van der Waals surface area contributed by atoms with Crippen molar-refractivity contribution < 1.29 is 0 Å². The predicted molar refractivity (Wildman–Crippen MR) is 64.4 cm³/mol. The summed E-state index contributed by atoms with van der Waals surface area (Å²) in [5.41, 5.74) is 1.17. The number of aryl methyl sites for hydroxylation is 2. The topological polar surface area (TPSA) is 24.3 Å². The van der Waals surface area contributed by atoms with Crippen molar-refractivity contribution in [3.63, 3.8) is 0 Å². The zero-order chi connectivity index (χ0) is 10.9. The fraction of sp³-hybridized carbons (Fsp3) is 0.750. The molecule has 0 unspecified atom stereocenters. The lowest BCUT2D eigenvalue weighted by molar-refractivity contribution is 0.585. The van der Waals surface area contributed by atoms with Gasteiger partial charge in [-0.15, -0.1) is 0 Å². The molecule has 1 heterocycles. The molecule has 80 valence electrons. The molecule has 0 aliphatic heterocycles. The summed E-state index contributed by atoms with van der Waals surface area (Å²) in [5, 5.41) is 5.85. The molecule has 0 aliphatic rings. The average molecular weight is 232 g/mol. The first-order valence-electron chi connectivity index (χ1n) is 4.46.